The van der Waals surface area contributed by atoms with Crippen molar-refractivity contribution in [1.29, 1.82) is 5.26 Å². The Morgan fingerprint density at radius 1 is 1.07 bits per heavy atom. The van der Waals surface area contributed by atoms with Gasteiger partial charge in [-0.05, 0) is 30.7 Å². The third-order valence-electron chi connectivity index (χ3n) is 5.05. The molecular formula is C22H16N4O4. The standard InChI is InChI=1S/C22H16N4O4/c1-12-6-3-4-8-15(12)26-20(27)14-7-5-9-16(17(14)21(26)28)25-11-13(10-23)18(24)19(25)22(29)30-2/h3-9,11H,24H2,1-2H3. The van der Waals surface area contributed by atoms with Crippen LogP contribution in [-0.2, 0) is 4.74 Å². The van der Waals surface area contributed by atoms with Gasteiger partial charge in [0, 0.05) is 6.20 Å². The van der Waals surface area contributed by atoms with Crippen LogP contribution in [0.2, 0.25) is 0 Å². The Morgan fingerprint density at radius 3 is 2.43 bits per heavy atom. The lowest BCUT2D eigenvalue weighted by molar-refractivity contribution is 0.0592. The van der Waals surface area contributed by atoms with Gasteiger partial charge in [-0.3, -0.25) is 9.59 Å². The number of anilines is 2. The van der Waals surface area contributed by atoms with Gasteiger partial charge < -0.3 is 15.0 Å². The van der Waals surface area contributed by atoms with Crippen molar-refractivity contribution in [3.63, 3.8) is 0 Å². The molecule has 1 aliphatic rings. The van der Waals surface area contributed by atoms with E-state index >= 15 is 0 Å². The number of methoxy groups -OCH3 is 1. The second kappa shape index (κ2) is 6.90. The maximum Gasteiger partial charge on any atom is 0.357 e. The molecule has 1 aliphatic heterocycles. The SMILES string of the molecule is COC(=O)c1c(N)c(C#N)cn1-c1cccc2c1C(=O)N(c1ccccc1C)C2=O. The molecule has 148 valence electrons. The molecule has 1 aromatic heterocycles. The third-order valence-corrected chi connectivity index (χ3v) is 5.05. The van der Waals surface area contributed by atoms with E-state index in [2.05, 4.69) is 0 Å². The van der Waals surface area contributed by atoms with Gasteiger partial charge in [0.2, 0.25) is 0 Å². The number of carbonyl (C=O) groups is 3. The topological polar surface area (TPSA) is 118 Å². The lowest BCUT2D eigenvalue weighted by atomic mass is 10.1. The third kappa shape index (κ3) is 2.57. The summed E-state index contributed by atoms with van der Waals surface area (Å²) in [6.45, 7) is 1.81. The molecule has 2 aromatic carbocycles. The molecule has 0 bridgehead atoms. The van der Waals surface area contributed by atoms with Crippen LogP contribution >= 0.6 is 0 Å². The predicted octanol–water partition coefficient (Wildman–Crippen LogP) is 2.83. The maximum atomic E-state index is 13.3. The molecule has 0 atom stereocenters. The Kier molecular flexibility index (Phi) is 4.36. The van der Waals surface area contributed by atoms with Gasteiger partial charge in [0.1, 0.15) is 6.07 Å². The molecule has 0 radical (unpaired) electrons. The van der Waals surface area contributed by atoms with E-state index in [4.69, 9.17) is 10.5 Å². The van der Waals surface area contributed by atoms with Crippen LogP contribution in [0.3, 0.4) is 0 Å². The van der Waals surface area contributed by atoms with Gasteiger partial charge >= 0.3 is 5.97 Å². The highest BCUT2D eigenvalue weighted by Gasteiger charge is 2.40. The smallest absolute Gasteiger partial charge is 0.357 e. The van der Waals surface area contributed by atoms with Crippen LogP contribution in [0.4, 0.5) is 11.4 Å². The molecule has 0 aliphatic carbocycles. The number of para-hydroxylation sites is 1. The Bertz CT molecular complexity index is 1280. The lowest BCUT2D eigenvalue weighted by Gasteiger charge is -2.16. The van der Waals surface area contributed by atoms with Crippen LogP contribution in [-0.4, -0.2) is 29.5 Å². The zero-order chi connectivity index (χ0) is 21.6. The van der Waals surface area contributed by atoms with Crippen molar-refractivity contribution in [1.82, 2.24) is 4.57 Å². The number of aryl methyl sites for hydroxylation is 1. The number of hydrogen-bond donors (Lipinski definition) is 1. The molecule has 30 heavy (non-hydrogen) atoms. The Balaban J connectivity index is 1.96. The molecule has 3 aromatic rings. The van der Waals surface area contributed by atoms with Crippen molar-refractivity contribution in [3.05, 3.63) is 76.6 Å². The summed E-state index contributed by atoms with van der Waals surface area (Å²) in [5.41, 5.74) is 7.70. The van der Waals surface area contributed by atoms with Crippen LogP contribution in [0.15, 0.2) is 48.7 Å². The molecule has 8 heteroatoms. The quantitative estimate of drug-likeness (QED) is 0.533. The molecule has 4 rings (SSSR count). The molecule has 2 amide bonds. The van der Waals surface area contributed by atoms with E-state index in [0.29, 0.717) is 5.69 Å². The van der Waals surface area contributed by atoms with E-state index < -0.39 is 17.8 Å². The van der Waals surface area contributed by atoms with Gasteiger partial charge in [-0.15, -0.1) is 0 Å². The number of hydrogen-bond acceptors (Lipinski definition) is 6. The minimum Gasteiger partial charge on any atom is -0.464 e. The van der Waals surface area contributed by atoms with E-state index in [1.54, 1.807) is 43.3 Å². The first kappa shape index (κ1) is 19.0. The number of amides is 2. The fourth-order valence-corrected chi connectivity index (χ4v) is 3.61. The van der Waals surface area contributed by atoms with E-state index in [1.165, 1.54) is 17.9 Å². The first-order chi connectivity index (χ1) is 14.4. The first-order valence-corrected chi connectivity index (χ1v) is 8.97. The van der Waals surface area contributed by atoms with E-state index in [9.17, 15) is 19.6 Å². The number of esters is 1. The Hall–Kier alpha value is -4.38. The van der Waals surface area contributed by atoms with Gasteiger partial charge in [0.15, 0.2) is 5.69 Å². The molecule has 0 saturated carbocycles. The summed E-state index contributed by atoms with van der Waals surface area (Å²) >= 11 is 0. The van der Waals surface area contributed by atoms with Crippen molar-refractivity contribution in [2.24, 2.45) is 0 Å². The minimum atomic E-state index is -0.765. The highest BCUT2D eigenvalue weighted by molar-refractivity contribution is 6.35. The summed E-state index contributed by atoms with van der Waals surface area (Å²) in [5, 5.41) is 9.34. The predicted molar refractivity (Wildman–Crippen MR) is 109 cm³/mol. The normalized spacial score (nSPS) is 12.6. The second-order valence-corrected chi connectivity index (χ2v) is 6.71. The maximum absolute atomic E-state index is 13.3. The van der Waals surface area contributed by atoms with Crippen molar-refractivity contribution >= 4 is 29.2 Å². The molecule has 0 spiro atoms. The number of ether oxygens (including phenoxy) is 1. The van der Waals surface area contributed by atoms with E-state index in [-0.39, 0.29) is 33.8 Å². The van der Waals surface area contributed by atoms with Crippen LogP contribution in [0, 0.1) is 18.3 Å². The zero-order valence-corrected chi connectivity index (χ0v) is 16.2. The summed E-state index contributed by atoms with van der Waals surface area (Å²) in [5.74, 6) is -1.76. The molecule has 0 saturated heterocycles. The summed E-state index contributed by atoms with van der Waals surface area (Å²) in [6.07, 6.45) is 1.35. The molecule has 8 nitrogen and oxygen atoms in total. The van der Waals surface area contributed by atoms with Crippen molar-refractivity contribution in [2.45, 2.75) is 6.92 Å². The highest BCUT2D eigenvalue weighted by Crippen LogP contribution is 2.35. The van der Waals surface area contributed by atoms with Gasteiger partial charge in [0.05, 0.1) is 40.9 Å². The number of carbonyl (C=O) groups excluding carboxylic acids is 3. The average Bonchev–Trinajstić information content (AvgIpc) is 3.22. The highest BCUT2D eigenvalue weighted by atomic mass is 16.5. The van der Waals surface area contributed by atoms with Crippen molar-refractivity contribution < 1.29 is 19.1 Å². The monoisotopic (exact) mass is 400 g/mol. The van der Waals surface area contributed by atoms with Crippen LogP contribution in [0.5, 0.6) is 0 Å². The first-order valence-electron chi connectivity index (χ1n) is 8.97. The molecule has 2 N–H and O–H groups in total. The molecular weight excluding hydrogens is 384 g/mol. The summed E-state index contributed by atoms with van der Waals surface area (Å²) in [6, 6.07) is 13.7. The number of nitrogen functional groups attached to an aromatic ring is 1. The van der Waals surface area contributed by atoms with Crippen molar-refractivity contribution in [3.8, 4) is 11.8 Å². The Morgan fingerprint density at radius 2 is 1.77 bits per heavy atom. The summed E-state index contributed by atoms with van der Waals surface area (Å²) in [7, 11) is 1.19. The largest absolute Gasteiger partial charge is 0.464 e. The molecule has 2 heterocycles. The number of aromatic nitrogens is 1. The van der Waals surface area contributed by atoms with Gasteiger partial charge in [-0.25, -0.2) is 9.69 Å². The summed E-state index contributed by atoms with van der Waals surface area (Å²) in [4.78, 5) is 39.9. The minimum absolute atomic E-state index is 0.0561. The number of fused-ring (bicyclic) bond motifs is 1. The van der Waals surface area contributed by atoms with Crippen LogP contribution in [0.25, 0.3) is 5.69 Å². The number of benzene rings is 2. The van der Waals surface area contributed by atoms with Crippen LogP contribution in [0.1, 0.15) is 42.3 Å². The molecule has 0 unspecified atom stereocenters. The number of imide groups is 1. The lowest BCUT2D eigenvalue weighted by Crippen LogP contribution is -2.30. The van der Waals surface area contributed by atoms with Gasteiger partial charge in [-0.1, -0.05) is 24.3 Å². The number of nitrogens with zero attached hydrogens (tertiary/aromatic N) is 3. The second-order valence-electron chi connectivity index (χ2n) is 6.71. The number of nitriles is 1. The zero-order valence-electron chi connectivity index (χ0n) is 16.2. The van der Waals surface area contributed by atoms with Crippen molar-refractivity contribution in [2.75, 3.05) is 17.7 Å². The molecule has 0 fully saturated rings. The number of nitrogens with two attached hydrogens (primary N) is 1. The average molecular weight is 400 g/mol. The fraction of sp³-hybridized carbons (Fsp3) is 0.0909. The number of rotatable bonds is 3. The Labute approximate surface area is 171 Å². The van der Waals surface area contributed by atoms with Gasteiger partial charge in [0.25, 0.3) is 11.8 Å². The summed E-state index contributed by atoms with van der Waals surface area (Å²) < 4.78 is 6.12. The fourth-order valence-electron chi connectivity index (χ4n) is 3.61. The van der Waals surface area contributed by atoms with Gasteiger partial charge in [-0.2, -0.15) is 5.26 Å². The van der Waals surface area contributed by atoms with E-state index in [1.807, 2.05) is 12.1 Å². The van der Waals surface area contributed by atoms with Crippen LogP contribution < -0.4 is 10.6 Å². The van der Waals surface area contributed by atoms with E-state index in [0.717, 1.165) is 10.5 Å².